The fourth-order valence-electron chi connectivity index (χ4n) is 4.80. The lowest BCUT2D eigenvalue weighted by Crippen LogP contribution is -2.30. The first-order valence-corrected chi connectivity index (χ1v) is 12.0. The number of nitrogens with zero attached hydrogens (tertiary/aromatic N) is 3. The number of aromatic hydroxyl groups is 1. The van der Waals surface area contributed by atoms with Gasteiger partial charge < -0.3 is 19.9 Å². The van der Waals surface area contributed by atoms with Crippen molar-refractivity contribution in [2.75, 3.05) is 4.90 Å². The highest BCUT2D eigenvalue weighted by Gasteiger charge is 2.43. The second kappa shape index (κ2) is 8.73. The number of benzene rings is 3. The van der Waals surface area contributed by atoms with Gasteiger partial charge in [-0.05, 0) is 77.6 Å². The van der Waals surface area contributed by atoms with Gasteiger partial charge in [0.15, 0.2) is 5.11 Å². The van der Waals surface area contributed by atoms with Gasteiger partial charge in [0, 0.05) is 28.8 Å². The SMILES string of the molecule is Oc1ccc(Cl)cc1N1C(=S)N[C@@H](c2ccccn2)[C@H]1c1cccn1-c1ccc2ccccc2c1. The van der Waals surface area contributed by atoms with E-state index in [2.05, 4.69) is 51.3 Å². The maximum atomic E-state index is 10.8. The number of phenols is 1. The molecule has 0 unspecified atom stereocenters. The van der Waals surface area contributed by atoms with Crippen LogP contribution in [0.2, 0.25) is 5.02 Å². The highest BCUT2D eigenvalue weighted by Crippen LogP contribution is 2.45. The number of hydrogen-bond donors (Lipinski definition) is 2. The molecule has 3 heterocycles. The number of hydrogen-bond acceptors (Lipinski definition) is 3. The number of nitrogens with one attached hydrogen (secondary N) is 1. The summed E-state index contributed by atoms with van der Waals surface area (Å²) < 4.78 is 2.16. The molecule has 2 N–H and O–H groups in total. The van der Waals surface area contributed by atoms with E-state index in [-0.39, 0.29) is 17.8 Å². The summed E-state index contributed by atoms with van der Waals surface area (Å²) in [7, 11) is 0. The summed E-state index contributed by atoms with van der Waals surface area (Å²) in [6.07, 6.45) is 3.82. The molecule has 1 saturated heterocycles. The normalized spacial score (nSPS) is 17.6. The van der Waals surface area contributed by atoms with Crippen molar-refractivity contribution >= 4 is 45.4 Å². The molecule has 1 fully saturated rings. The number of aromatic nitrogens is 2. The molecule has 0 amide bonds. The third-order valence-electron chi connectivity index (χ3n) is 6.39. The van der Waals surface area contributed by atoms with Crippen molar-refractivity contribution in [2.24, 2.45) is 0 Å². The van der Waals surface area contributed by atoms with Crippen LogP contribution in [0, 0.1) is 0 Å². The van der Waals surface area contributed by atoms with Gasteiger partial charge in [-0.2, -0.15) is 0 Å². The number of halogens is 1. The van der Waals surface area contributed by atoms with Crippen LogP contribution in [0.4, 0.5) is 5.69 Å². The molecule has 6 rings (SSSR count). The van der Waals surface area contributed by atoms with Crippen LogP contribution in [-0.4, -0.2) is 19.8 Å². The summed E-state index contributed by atoms with van der Waals surface area (Å²) in [5.41, 5.74) is 3.44. The number of rotatable bonds is 4. The Hall–Kier alpha value is -3.87. The molecule has 0 saturated carbocycles. The lowest BCUT2D eigenvalue weighted by Gasteiger charge is -2.29. The number of anilines is 1. The molecule has 2 aromatic heterocycles. The van der Waals surface area contributed by atoms with E-state index < -0.39 is 0 Å². The number of phenolic OH excluding ortho intramolecular Hbond substituents is 1. The van der Waals surface area contributed by atoms with E-state index in [0.717, 1.165) is 22.5 Å². The lowest BCUT2D eigenvalue weighted by atomic mass is 10.0. The summed E-state index contributed by atoms with van der Waals surface area (Å²) >= 11 is 12.1. The average molecular weight is 497 g/mol. The molecule has 0 aliphatic carbocycles. The number of fused-ring (bicyclic) bond motifs is 1. The number of pyridine rings is 1. The molecule has 1 aliphatic heterocycles. The maximum absolute atomic E-state index is 10.8. The molecule has 0 spiro atoms. The van der Waals surface area contributed by atoms with Crippen LogP contribution in [0.3, 0.4) is 0 Å². The van der Waals surface area contributed by atoms with Crippen LogP contribution in [0.15, 0.2) is 103 Å². The van der Waals surface area contributed by atoms with Crippen molar-refractivity contribution in [3.63, 3.8) is 0 Å². The standard InChI is InChI=1S/C28H21ClN4OS/c29-20-11-13-25(34)24(17-20)33-27(26(31-28(33)35)22-8-3-4-14-30-22)23-9-5-15-32(23)21-12-10-18-6-1-2-7-19(18)16-21/h1-17,26-27,34H,(H,31,35)/t26-,27+/m0/s1. The first kappa shape index (κ1) is 21.6. The zero-order valence-corrected chi connectivity index (χ0v) is 20.1. The van der Waals surface area contributed by atoms with Gasteiger partial charge in [-0.25, -0.2) is 0 Å². The quantitative estimate of drug-likeness (QED) is 0.276. The van der Waals surface area contributed by atoms with Crippen LogP contribution in [0.5, 0.6) is 5.75 Å². The van der Waals surface area contributed by atoms with Gasteiger partial charge >= 0.3 is 0 Å². The van der Waals surface area contributed by atoms with Crippen molar-refractivity contribution in [3.05, 3.63) is 120 Å². The number of thiocarbonyl (C=S) groups is 1. The summed E-state index contributed by atoms with van der Waals surface area (Å²) in [5, 5.41) is 17.6. The van der Waals surface area contributed by atoms with E-state index in [0.29, 0.717) is 15.8 Å². The molecule has 5 nitrogen and oxygen atoms in total. The molecular weight excluding hydrogens is 476 g/mol. The smallest absolute Gasteiger partial charge is 0.174 e. The van der Waals surface area contributed by atoms with Crippen molar-refractivity contribution in [3.8, 4) is 11.4 Å². The van der Waals surface area contributed by atoms with Gasteiger partial charge in [0.25, 0.3) is 0 Å². The molecule has 2 atom stereocenters. The Kier molecular flexibility index (Phi) is 5.40. The zero-order chi connectivity index (χ0) is 23.9. The Labute approximate surface area is 213 Å². The predicted molar refractivity (Wildman–Crippen MR) is 144 cm³/mol. The Morgan fingerprint density at radius 3 is 2.54 bits per heavy atom. The minimum absolute atomic E-state index is 0.106. The van der Waals surface area contributed by atoms with Crippen molar-refractivity contribution in [1.29, 1.82) is 0 Å². The van der Waals surface area contributed by atoms with Crippen LogP contribution >= 0.6 is 23.8 Å². The second-order valence-corrected chi connectivity index (χ2v) is 9.29. The summed E-state index contributed by atoms with van der Waals surface area (Å²) in [6.45, 7) is 0. The van der Waals surface area contributed by atoms with Crippen LogP contribution in [0.1, 0.15) is 23.5 Å². The van der Waals surface area contributed by atoms with Crippen LogP contribution < -0.4 is 10.2 Å². The molecule has 7 heteroatoms. The Balaban J connectivity index is 1.54. The zero-order valence-electron chi connectivity index (χ0n) is 18.5. The third-order valence-corrected chi connectivity index (χ3v) is 6.94. The summed E-state index contributed by atoms with van der Waals surface area (Å²) in [5.74, 6) is 0.106. The molecule has 3 aromatic carbocycles. The minimum Gasteiger partial charge on any atom is -0.506 e. The van der Waals surface area contributed by atoms with Gasteiger partial charge in [-0.1, -0.05) is 48.0 Å². The van der Waals surface area contributed by atoms with Crippen molar-refractivity contribution < 1.29 is 5.11 Å². The molecule has 0 bridgehead atoms. The van der Waals surface area contributed by atoms with Gasteiger partial charge in [-0.15, -0.1) is 0 Å². The summed E-state index contributed by atoms with van der Waals surface area (Å²) in [4.78, 5) is 6.55. The van der Waals surface area contributed by atoms with Crippen LogP contribution in [0.25, 0.3) is 16.5 Å². The van der Waals surface area contributed by atoms with Crippen molar-refractivity contribution in [1.82, 2.24) is 14.9 Å². The second-order valence-electron chi connectivity index (χ2n) is 8.46. The highest BCUT2D eigenvalue weighted by molar-refractivity contribution is 7.80. The summed E-state index contributed by atoms with van der Waals surface area (Å²) in [6, 6.07) is 29.1. The average Bonchev–Trinajstić information content (AvgIpc) is 3.50. The largest absolute Gasteiger partial charge is 0.506 e. The monoisotopic (exact) mass is 496 g/mol. The van der Waals surface area contributed by atoms with Crippen LogP contribution in [-0.2, 0) is 0 Å². The lowest BCUT2D eigenvalue weighted by molar-refractivity contribution is 0.472. The molecular formula is C28H21ClN4OS. The predicted octanol–water partition coefficient (Wildman–Crippen LogP) is 6.56. The van der Waals surface area contributed by atoms with E-state index in [1.165, 1.54) is 5.39 Å². The molecule has 35 heavy (non-hydrogen) atoms. The Morgan fingerprint density at radius 1 is 0.886 bits per heavy atom. The van der Waals surface area contributed by atoms with E-state index in [1.807, 2.05) is 47.5 Å². The van der Waals surface area contributed by atoms with Gasteiger partial charge in [0.05, 0.1) is 17.4 Å². The van der Waals surface area contributed by atoms with E-state index >= 15 is 0 Å². The maximum Gasteiger partial charge on any atom is 0.174 e. The minimum atomic E-state index is -0.289. The Morgan fingerprint density at radius 2 is 1.71 bits per heavy atom. The fourth-order valence-corrected chi connectivity index (χ4v) is 5.31. The first-order chi connectivity index (χ1) is 17.1. The van der Waals surface area contributed by atoms with E-state index in [9.17, 15) is 5.11 Å². The molecule has 5 aromatic rings. The van der Waals surface area contributed by atoms with E-state index in [4.69, 9.17) is 23.8 Å². The molecule has 0 radical (unpaired) electrons. The third kappa shape index (κ3) is 3.81. The molecule has 172 valence electrons. The van der Waals surface area contributed by atoms with Gasteiger partial charge in [0.1, 0.15) is 11.8 Å². The van der Waals surface area contributed by atoms with Gasteiger partial charge in [-0.3, -0.25) is 4.98 Å². The fraction of sp³-hybridized carbons (Fsp3) is 0.0714. The Bertz CT molecular complexity index is 1550. The topological polar surface area (TPSA) is 53.3 Å². The van der Waals surface area contributed by atoms with Gasteiger partial charge in [0.2, 0.25) is 0 Å². The first-order valence-electron chi connectivity index (χ1n) is 11.3. The van der Waals surface area contributed by atoms with E-state index in [1.54, 1.807) is 24.4 Å². The molecule has 1 aliphatic rings. The highest BCUT2D eigenvalue weighted by atomic mass is 35.5. The van der Waals surface area contributed by atoms with Crippen molar-refractivity contribution in [2.45, 2.75) is 12.1 Å².